The number of rotatable bonds is 9. The summed E-state index contributed by atoms with van der Waals surface area (Å²) in [5.74, 6) is 1.19. The normalized spacial score (nSPS) is 17.4. The number of benzene rings is 3. The zero-order chi connectivity index (χ0) is 27.4. The summed E-state index contributed by atoms with van der Waals surface area (Å²) in [5, 5.41) is 11.2. The van der Waals surface area contributed by atoms with Gasteiger partial charge >= 0.3 is 0 Å². The van der Waals surface area contributed by atoms with Crippen LogP contribution in [0.5, 0.6) is 11.5 Å². The van der Waals surface area contributed by atoms with Crippen LogP contribution in [0.3, 0.4) is 0 Å². The number of aromatic hydroxyl groups is 1. The molecule has 3 aromatic carbocycles. The molecule has 0 unspecified atom stereocenters. The highest BCUT2D eigenvalue weighted by Crippen LogP contribution is 2.42. The van der Waals surface area contributed by atoms with Gasteiger partial charge in [-0.3, -0.25) is 4.79 Å². The molecule has 1 N–H and O–H groups in total. The Morgan fingerprint density at radius 1 is 0.949 bits per heavy atom. The van der Waals surface area contributed by atoms with E-state index in [9.17, 15) is 9.90 Å². The molecule has 0 saturated heterocycles. The minimum Gasteiger partial charge on any atom is -0.504 e. The molecule has 1 aromatic heterocycles. The van der Waals surface area contributed by atoms with Crippen molar-refractivity contribution in [3.8, 4) is 22.6 Å². The first-order valence-electron chi connectivity index (χ1n) is 12.6. The van der Waals surface area contributed by atoms with E-state index in [1.54, 1.807) is 26.4 Å². The van der Waals surface area contributed by atoms with Gasteiger partial charge in [0.15, 0.2) is 17.3 Å². The van der Waals surface area contributed by atoms with E-state index in [2.05, 4.69) is 0 Å². The molecule has 1 aliphatic rings. The van der Waals surface area contributed by atoms with Gasteiger partial charge in [0.1, 0.15) is 22.7 Å². The molecular formula is C33H30O6. The highest BCUT2D eigenvalue weighted by Gasteiger charge is 2.38. The molecular weight excluding hydrogens is 492 g/mol. The topological polar surface area (TPSA) is 78.1 Å². The van der Waals surface area contributed by atoms with Crippen LogP contribution in [0.1, 0.15) is 17.7 Å². The second kappa shape index (κ2) is 11.1. The first-order chi connectivity index (χ1) is 19.0. The van der Waals surface area contributed by atoms with Crippen molar-refractivity contribution in [2.45, 2.75) is 18.4 Å². The van der Waals surface area contributed by atoms with Gasteiger partial charge in [-0.15, -0.1) is 0 Å². The number of ether oxygens (including phenoxy) is 3. The number of fused-ring (bicyclic) bond motifs is 1. The Kier molecular flexibility index (Phi) is 7.39. The number of carbonyl (C=O) groups excluding carboxylic acids is 1. The molecule has 0 spiro atoms. The lowest BCUT2D eigenvalue weighted by molar-refractivity contribution is -0.112. The number of phenolic OH excluding ortho intramolecular Hbond substituents is 1. The fourth-order valence-corrected chi connectivity index (χ4v) is 5.01. The summed E-state index contributed by atoms with van der Waals surface area (Å²) in [6.45, 7) is 0. The molecule has 1 atom stereocenters. The van der Waals surface area contributed by atoms with Gasteiger partial charge in [0, 0.05) is 48.6 Å². The SMILES string of the molecule is COC1=CC(=O)C(Cc2oc3cc(OC)c(O)cc3c2-c2ccccc2)=C[C@@]1(C/C=C/c1ccccc1)OC. The van der Waals surface area contributed by atoms with Crippen molar-refractivity contribution in [2.24, 2.45) is 0 Å². The lowest BCUT2D eigenvalue weighted by Gasteiger charge is -2.33. The quantitative estimate of drug-likeness (QED) is 0.258. The average Bonchev–Trinajstić information content (AvgIpc) is 3.31. The van der Waals surface area contributed by atoms with Crippen molar-refractivity contribution < 1.29 is 28.5 Å². The van der Waals surface area contributed by atoms with Crippen LogP contribution in [0.25, 0.3) is 28.2 Å². The minimum atomic E-state index is -0.955. The summed E-state index contributed by atoms with van der Waals surface area (Å²) in [6.07, 6.45) is 8.05. The van der Waals surface area contributed by atoms with E-state index in [0.717, 1.165) is 22.1 Å². The zero-order valence-electron chi connectivity index (χ0n) is 22.1. The second-order valence-electron chi connectivity index (χ2n) is 9.32. The molecule has 0 saturated carbocycles. The lowest BCUT2D eigenvalue weighted by Crippen LogP contribution is -2.36. The Hall–Kier alpha value is -4.55. The van der Waals surface area contributed by atoms with Gasteiger partial charge in [-0.05, 0) is 23.3 Å². The number of hydrogen-bond acceptors (Lipinski definition) is 6. The van der Waals surface area contributed by atoms with Crippen LogP contribution in [-0.2, 0) is 20.7 Å². The Morgan fingerprint density at radius 2 is 1.67 bits per heavy atom. The third kappa shape index (κ3) is 5.11. The van der Waals surface area contributed by atoms with Gasteiger partial charge in [-0.25, -0.2) is 0 Å². The maximum absolute atomic E-state index is 13.3. The number of furan rings is 1. The summed E-state index contributed by atoms with van der Waals surface area (Å²) < 4.78 is 23.2. The Balaban J connectivity index is 1.57. The summed E-state index contributed by atoms with van der Waals surface area (Å²) in [4.78, 5) is 13.3. The summed E-state index contributed by atoms with van der Waals surface area (Å²) in [6, 6.07) is 23.0. The predicted molar refractivity (Wildman–Crippen MR) is 152 cm³/mol. The molecule has 198 valence electrons. The van der Waals surface area contributed by atoms with E-state index in [-0.39, 0.29) is 18.0 Å². The second-order valence-corrected chi connectivity index (χ2v) is 9.32. The Morgan fingerprint density at radius 3 is 2.33 bits per heavy atom. The number of hydrogen-bond donors (Lipinski definition) is 1. The maximum atomic E-state index is 13.3. The summed E-state index contributed by atoms with van der Waals surface area (Å²) >= 11 is 0. The molecule has 1 heterocycles. The van der Waals surface area contributed by atoms with Gasteiger partial charge < -0.3 is 23.7 Å². The van der Waals surface area contributed by atoms with Crippen molar-refractivity contribution in [2.75, 3.05) is 21.3 Å². The molecule has 0 bridgehead atoms. The molecule has 6 nitrogen and oxygen atoms in total. The molecule has 0 radical (unpaired) electrons. The fourth-order valence-electron chi connectivity index (χ4n) is 5.01. The highest BCUT2D eigenvalue weighted by molar-refractivity contribution is 6.07. The largest absolute Gasteiger partial charge is 0.504 e. The van der Waals surface area contributed by atoms with Crippen LogP contribution in [-0.4, -0.2) is 37.8 Å². The molecule has 5 rings (SSSR count). The number of allylic oxidation sites excluding steroid dienone is 2. The van der Waals surface area contributed by atoms with Crippen molar-refractivity contribution in [3.63, 3.8) is 0 Å². The first kappa shape index (κ1) is 26.1. The van der Waals surface area contributed by atoms with Crippen LogP contribution in [0.4, 0.5) is 0 Å². The van der Waals surface area contributed by atoms with Gasteiger partial charge in [0.2, 0.25) is 0 Å². The smallest absolute Gasteiger partial charge is 0.185 e. The number of ketones is 1. The monoisotopic (exact) mass is 522 g/mol. The third-order valence-electron chi connectivity index (χ3n) is 6.99. The van der Waals surface area contributed by atoms with Gasteiger partial charge in [-0.1, -0.05) is 72.8 Å². The predicted octanol–water partition coefficient (Wildman–Crippen LogP) is 6.88. The molecule has 39 heavy (non-hydrogen) atoms. The lowest BCUT2D eigenvalue weighted by atomic mass is 9.84. The number of methoxy groups -OCH3 is 3. The Bertz CT molecular complexity index is 1580. The van der Waals surface area contributed by atoms with E-state index >= 15 is 0 Å². The highest BCUT2D eigenvalue weighted by atomic mass is 16.5. The van der Waals surface area contributed by atoms with Crippen LogP contribution in [0.2, 0.25) is 0 Å². The van der Waals surface area contributed by atoms with E-state index in [4.69, 9.17) is 18.6 Å². The molecule has 0 amide bonds. The standard InChI is InChI=1S/C33H30O6/c1-36-29-20-28-25(18-27(29)35)32(23-14-8-5-9-15-23)30(39-28)17-24-21-33(38-3,31(37-2)19-26(24)34)16-10-13-22-11-6-4-7-12-22/h4-15,18-21,35H,16-17H2,1-3H3/b13-10+/t33-/m1/s1. The van der Waals surface area contributed by atoms with Crippen molar-refractivity contribution in [3.05, 3.63) is 114 Å². The van der Waals surface area contributed by atoms with Gasteiger partial charge in [0.25, 0.3) is 0 Å². The van der Waals surface area contributed by atoms with Crippen molar-refractivity contribution in [1.82, 2.24) is 0 Å². The molecule has 4 aromatic rings. The average molecular weight is 523 g/mol. The third-order valence-corrected chi connectivity index (χ3v) is 6.99. The maximum Gasteiger partial charge on any atom is 0.185 e. The van der Waals surface area contributed by atoms with Gasteiger partial charge in [-0.2, -0.15) is 0 Å². The van der Waals surface area contributed by atoms with E-state index in [0.29, 0.717) is 34.8 Å². The van der Waals surface area contributed by atoms with Crippen molar-refractivity contribution in [1.29, 1.82) is 0 Å². The molecule has 6 heteroatoms. The van der Waals surface area contributed by atoms with Crippen LogP contribution >= 0.6 is 0 Å². The van der Waals surface area contributed by atoms with E-state index < -0.39 is 5.60 Å². The number of carbonyl (C=O) groups is 1. The van der Waals surface area contributed by atoms with Crippen molar-refractivity contribution >= 4 is 22.8 Å². The minimum absolute atomic E-state index is 0.0127. The van der Waals surface area contributed by atoms with Crippen LogP contribution < -0.4 is 4.74 Å². The molecule has 1 aliphatic carbocycles. The fraction of sp³-hybridized carbons (Fsp3) is 0.182. The summed E-state index contributed by atoms with van der Waals surface area (Å²) in [5.41, 5.74) is 2.92. The van der Waals surface area contributed by atoms with Crippen LogP contribution in [0, 0.1) is 0 Å². The number of phenols is 1. The van der Waals surface area contributed by atoms with E-state index in [1.807, 2.05) is 78.9 Å². The van der Waals surface area contributed by atoms with Gasteiger partial charge in [0.05, 0.1) is 14.2 Å². The molecule has 0 aliphatic heterocycles. The zero-order valence-corrected chi connectivity index (χ0v) is 22.1. The van der Waals surface area contributed by atoms with Crippen LogP contribution in [0.15, 0.2) is 107 Å². The summed E-state index contributed by atoms with van der Waals surface area (Å²) in [7, 11) is 4.64. The van der Waals surface area contributed by atoms with E-state index in [1.165, 1.54) is 13.2 Å². The molecule has 0 fully saturated rings. The Labute approximate surface area is 227 Å². The first-order valence-corrected chi connectivity index (χ1v) is 12.6.